The number of guanidine groups is 1. The topological polar surface area (TPSA) is 66.0 Å². The fraction of sp³-hybridized carbons (Fsp3) is 0.364. The van der Waals surface area contributed by atoms with Crippen LogP contribution < -0.4 is 15.4 Å². The van der Waals surface area contributed by atoms with Gasteiger partial charge in [-0.05, 0) is 36.2 Å². The molecule has 1 unspecified atom stereocenters. The minimum Gasteiger partial charge on any atom is -0.457 e. The maximum atomic E-state index is 11.8. The van der Waals surface area contributed by atoms with Gasteiger partial charge in [-0.2, -0.15) is 0 Å². The van der Waals surface area contributed by atoms with Crippen molar-refractivity contribution in [3.8, 4) is 11.5 Å². The molecule has 0 aliphatic carbocycles. The number of amides is 1. The van der Waals surface area contributed by atoms with E-state index in [1.165, 1.54) is 0 Å². The maximum Gasteiger partial charge on any atom is 0.222 e. The number of rotatable bonds is 6. The molecule has 1 saturated heterocycles. The van der Waals surface area contributed by atoms with Crippen LogP contribution in [0, 0.1) is 0 Å². The first kappa shape index (κ1) is 23.0. The first-order valence-corrected chi connectivity index (χ1v) is 9.74. The summed E-state index contributed by atoms with van der Waals surface area (Å²) in [6.07, 6.45) is 1.50. The quantitative estimate of drug-likeness (QED) is 0.354. The Labute approximate surface area is 189 Å². The van der Waals surface area contributed by atoms with E-state index in [4.69, 9.17) is 4.74 Å². The number of ether oxygens (including phenoxy) is 1. The zero-order valence-corrected chi connectivity index (χ0v) is 19.3. The smallest absolute Gasteiger partial charge is 0.222 e. The molecular weight excluding hydrogens is 479 g/mol. The van der Waals surface area contributed by atoms with Gasteiger partial charge in [0.05, 0.1) is 0 Å². The number of aliphatic imine (C=N–C) groups is 1. The Kier molecular flexibility index (Phi) is 9.24. The second-order valence-electron chi connectivity index (χ2n) is 6.81. The molecule has 1 aliphatic heterocycles. The summed E-state index contributed by atoms with van der Waals surface area (Å²) >= 11 is 0. The number of carbonyl (C=O) groups is 1. The van der Waals surface area contributed by atoms with Crippen molar-refractivity contribution < 1.29 is 9.53 Å². The number of nitrogens with one attached hydrogen (secondary N) is 2. The van der Waals surface area contributed by atoms with Crippen LogP contribution in [0.1, 0.15) is 25.3 Å². The third-order valence-electron chi connectivity index (χ3n) is 4.77. The molecule has 2 aromatic carbocycles. The fourth-order valence-electron chi connectivity index (χ4n) is 3.20. The van der Waals surface area contributed by atoms with Crippen molar-refractivity contribution in [3.05, 3.63) is 60.2 Å². The van der Waals surface area contributed by atoms with Crippen LogP contribution in [0.3, 0.4) is 0 Å². The Morgan fingerprint density at radius 1 is 1.14 bits per heavy atom. The molecule has 2 N–H and O–H groups in total. The van der Waals surface area contributed by atoms with E-state index >= 15 is 0 Å². The van der Waals surface area contributed by atoms with Gasteiger partial charge in [-0.1, -0.05) is 37.3 Å². The first-order chi connectivity index (χ1) is 13.7. The Morgan fingerprint density at radius 2 is 1.83 bits per heavy atom. The Morgan fingerprint density at radius 3 is 2.48 bits per heavy atom. The SMILES string of the molecule is CCC(=O)N1CCC(NC(=NC)NCc2ccc(Oc3ccccc3)cc2)C1.I. The number of hydrogen-bond acceptors (Lipinski definition) is 3. The van der Waals surface area contributed by atoms with E-state index in [0.29, 0.717) is 13.0 Å². The molecule has 6 nitrogen and oxygen atoms in total. The van der Waals surface area contributed by atoms with E-state index in [-0.39, 0.29) is 35.9 Å². The highest BCUT2D eigenvalue weighted by Gasteiger charge is 2.25. The minimum atomic E-state index is 0. The number of carbonyl (C=O) groups excluding carboxylic acids is 1. The third-order valence-corrected chi connectivity index (χ3v) is 4.77. The van der Waals surface area contributed by atoms with E-state index in [1.807, 2.05) is 66.4 Å². The number of likely N-dealkylation sites (tertiary alicyclic amines) is 1. The van der Waals surface area contributed by atoms with Gasteiger partial charge in [-0.15, -0.1) is 24.0 Å². The lowest BCUT2D eigenvalue weighted by atomic mass is 10.2. The molecule has 0 saturated carbocycles. The second-order valence-corrected chi connectivity index (χ2v) is 6.81. The van der Waals surface area contributed by atoms with Gasteiger partial charge < -0.3 is 20.3 Å². The number of para-hydroxylation sites is 1. The lowest BCUT2D eigenvalue weighted by molar-refractivity contribution is -0.129. The second kappa shape index (κ2) is 11.6. The molecule has 1 aliphatic rings. The van der Waals surface area contributed by atoms with Crippen LogP contribution in [0.4, 0.5) is 0 Å². The summed E-state index contributed by atoms with van der Waals surface area (Å²) in [6.45, 7) is 4.11. The standard InChI is InChI=1S/C22H28N4O2.HI/c1-3-21(27)26-14-13-18(16-26)25-22(23-2)24-15-17-9-11-20(12-10-17)28-19-7-5-4-6-8-19;/h4-12,18H,3,13-16H2,1-2H3,(H2,23,24,25);1H. The van der Waals surface area contributed by atoms with Crippen LogP contribution in [0.5, 0.6) is 11.5 Å². The summed E-state index contributed by atoms with van der Waals surface area (Å²) in [7, 11) is 1.76. The minimum absolute atomic E-state index is 0. The van der Waals surface area contributed by atoms with Crippen LogP contribution >= 0.6 is 24.0 Å². The van der Waals surface area contributed by atoms with Crippen molar-refractivity contribution >= 4 is 35.8 Å². The molecule has 1 heterocycles. The molecule has 0 bridgehead atoms. The average molecular weight is 508 g/mol. The van der Waals surface area contributed by atoms with E-state index < -0.39 is 0 Å². The normalized spacial score (nSPS) is 16.1. The van der Waals surface area contributed by atoms with Gasteiger partial charge in [0.15, 0.2) is 5.96 Å². The van der Waals surface area contributed by atoms with Crippen molar-refractivity contribution in [2.24, 2.45) is 4.99 Å². The van der Waals surface area contributed by atoms with Gasteiger partial charge in [0.2, 0.25) is 5.91 Å². The lowest BCUT2D eigenvalue weighted by Crippen LogP contribution is -2.44. The molecule has 0 aromatic heterocycles. The Hall–Kier alpha value is -2.29. The van der Waals surface area contributed by atoms with Crippen LogP contribution in [-0.2, 0) is 11.3 Å². The molecule has 156 valence electrons. The number of benzene rings is 2. The van der Waals surface area contributed by atoms with Crippen LogP contribution in [-0.4, -0.2) is 42.9 Å². The molecular formula is C22H29IN4O2. The van der Waals surface area contributed by atoms with Gasteiger partial charge in [0.1, 0.15) is 11.5 Å². The number of hydrogen-bond donors (Lipinski definition) is 2. The van der Waals surface area contributed by atoms with Crippen LogP contribution in [0.2, 0.25) is 0 Å². The highest BCUT2D eigenvalue weighted by molar-refractivity contribution is 14.0. The Bertz CT molecular complexity index is 796. The lowest BCUT2D eigenvalue weighted by Gasteiger charge is -2.18. The van der Waals surface area contributed by atoms with Gasteiger partial charge in [0.25, 0.3) is 0 Å². The predicted molar refractivity (Wildman–Crippen MR) is 127 cm³/mol. The highest BCUT2D eigenvalue weighted by atomic mass is 127. The third kappa shape index (κ3) is 6.92. The molecule has 0 spiro atoms. The molecule has 2 aromatic rings. The first-order valence-electron chi connectivity index (χ1n) is 9.74. The van der Waals surface area contributed by atoms with Crippen molar-refractivity contribution in [2.45, 2.75) is 32.4 Å². The summed E-state index contributed by atoms with van der Waals surface area (Å²) < 4.78 is 5.82. The molecule has 1 atom stereocenters. The number of nitrogens with zero attached hydrogens (tertiary/aromatic N) is 2. The monoisotopic (exact) mass is 508 g/mol. The van der Waals surface area contributed by atoms with Crippen LogP contribution in [0.25, 0.3) is 0 Å². The Balaban J connectivity index is 0.00000300. The zero-order valence-electron chi connectivity index (χ0n) is 16.9. The summed E-state index contributed by atoms with van der Waals surface area (Å²) in [5.74, 6) is 2.60. The molecule has 29 heavy (non-hydrogen) atoms. The van der Waals surface area contributed by atoms with E-state index in [0.717, 1.165) is 42.5 Å². The van der Waals surface area contributed by atoms with Gasteiger partial charge >= 0.3 is 0 Å². The predicted octanol–water partition coefficient (Wildman–Crippen LogP) is 3.77. The van der Waals surface area contributed by atoms with Crippen molar-refractivity contribution in [1.29, 1.82) is 0 Å². The summed E-state index contributed by atoms with van der Waals surface area (Å²) in [6, 6.07) is 18.0. The van der Waals surface area contributed by atoms with Crippen molar-refractivity contribution in [2.75, 3.05) is 20.1 Å². The summed E-state index contributed by atoms with van der Waals surface area (Å²) in [4.78, 5) is 18.0. The van der Waals surface area contributed by atoms with E-state index in [9.17, 15) is 4.79 Å². The van der Waals surface area contributed by atoms with Crippen molar-refractivity contribution in [3.63, 3.8) is 0 Å². The largest absolute Gasteiger partial charge is 0.457 e. The molecule has 0 radical (unpaired) electrons. The van der Waals surface area contributed by atoms with Gasteiger partial charge in [-0.25, -0.2) is 0 Å². The molecule has 1 fully saturated rings. The van der Waals surface area contributed by atoms with Gasteiger partial charge in [-0.3, -0.25) is 9.79 Å². The van der Waals surface area contributed by atoms with Crippen molar-refractivity contribution in [1.82, 2.24) is 15.5 Å². The summed E-state index contributed by atoms with van der Waals surface area (Å²) in [5, 5.41) is 6.74. The average Bonchev–Trinajstić information content (AvgIpc) is 3.21. The molecule has 3 rings (SSSR count). The van der Waals surface area contributed by atoms with E-state index in [1.54, 1.807) is 7.05 Å². The molecule has 1 amide bonds. The van der Waals surface area contributed by atoms with Crippen LogP contribution in [0.15, 0.2) is 59.6 Å². The maximum absolute atomic E-state index is 11.8. The zero-order chi connectivity index (χ0) is 19.8. The fourth-order valence-corrected chi connectivity index (χ4v) is 3.20. The summed E-state index contributed by atoms with van der Waals surface area (Å²) in [5.41, 5.74) is 1.14. The van der Waals surface area contributed by atoms with E-state index in [2.05, 4.69) is 15.6 Å². The number of halogens is 1. The highest BCUT2D eigenvalue weighted by Crippen LogP contribution is 2.21. The molecule has 7 heteroatoms. The van der Waals surface area contributed by atoms with Gasteiger partial charge in [0, 0.05) is 39.1 Å².